The molecule has 0 saturated carbocycles. The van der Waals surface area contributed by atoms with E-state index in [1.165, 1.54) is 0 Å². The largest absolute Gasteiger partial charge is 1.00 e. The van der Waals surface area contributed by atoms with Crippen LogP contribution in [0, 0.1) is 0 Å². The maximum absolute atomic E-state index is 10.7. The van der Waals surface area contributed by atoms with Gasteiger partial charge in [-0.15, -0.1) is 0 Å². The zero-order valence-corrected chi connectivity index (χ0v) is 45.3. The predicted molar refractivity (Wildman–Crippen MR) is 242 cm³/mol. The summed E-state index contributed by atoms with van der Waals surface area (Å²) in [5.41, 5.74) is -6.95. The number of rotatable bonds is 0. The molecule has 0 radical (unpaired) electrons. The van der Waals surface area contributed by atoms with E-state index in [0.29, 0.717) is 132 Å². The van der Waals surface area contributed by atoms with Crippen molar-refractivity contribution in [1.29, 1.82) is 0 Å². The second kappa shape index (κ2) is 37.3. The van der Waals surface area contributed by atoms with Crippen molar-refractivity contribution in [2.75, 3.05) is 158 Å². The minimum absolute atomic E-state index is 0. The molecule has 8 rings (SSSR count). The van der Waals surface area contributed by atoms with Gasteiger partial charge in [0.1, 0.15) is 0 Å². The Labute approximate surface area is 459 Å². The molecule has 2 aromatic rings. The molecule has 0 unspecified atom stereocenters. The molecule has 30 heteroatoms. The van der Waals surface area contributed by atoms with E-state index in [9.17, 15) is 26.3 Å². The fourth-order valence-electron chi connectivity index (χ4n) is 6.63. The number of benzene rings is 2. The third-order valence-electron chi connectivity index (χ3n) is 10.4. The van der Waals surface area contributed by atoms with Gasteiger partial charge in [-0.05, 0) is 22.3 Å². The van der Waals surface area contributed by atoms with Crippen LogP contribution in [0.4, 0.5) is 26.3 Å². The van der Waals surface area contributed by atoms with Gasteiger partial charge < -0.3 is 47.0 Å². The van der Waals surface area contributed by atoms with E-state index >= 15 is 0 Å². The Morgan fingerprint density at radius 2 is 0.528 bits per heavy atom. The van der Waals surface area contributed by atoms with E-state index in [-0.39, 0.29) is 44.8 Å². The number of ether oxygens (including phenoxy) is 8. The van der Waals surface area contributed by atoms with Gasteiger partial charge in [0.05, 0.1) is 106 Å². The van der Waals surface area contributed by atoms with Crippen LogP contribution in [0.15, 0.2) is 36.4 Å². The summed E-state index contributed by atoms with van der Waals surface area (Å²) < 4.78 is 166. The first-order chi connectivity index (χ1) is 33.2. The van der Waals surface area contributed by atoms with Crippen LogP contribution in [-0.2, 0) is 129 Å². The molecule has 0 atom stereocenters. The van der Waals surface area contributed by atoms with Crippen molar-refractivity contribution in [2.24, 2.45) is 0 Å². The van der Waals surface area contributed by atoms with E-state index in [1.807, 2.05) is 0 Å². The molecule has 2 saturated heterocycles. The topological polar surface area (TPSA) is 201 Å². The Bertz CT molecular complexity index is 1750. The van der Waals surface area contributed by atoms with Crippen molar-refractivity contribution < 1.29 is 135 Å². The third-order valence-corrected chi connectivity index (χ3v) is 12.5. The van der Waals surface area contributed by atoms with Gasteiger partial charge in [-0.25, -0.2) is 16.8 Å². The zero-order valence-electron chi connectivity index (χ0n) is 39.2. The first kappa shape index (κ1) is 69.4. The van der Waals surface area contributed by atoms with Gasteiger partial charge in [0.2, 0.25) is 0 Å². The minimum Gasteiger partial charge on any atom is -0.741 e. The summed E-state index contributed by atoms with van der Waals surface area (Å²) in [5, 5.41) is 1.59. The Morgan fingerprint density at radius 3 is 0.667 bits per heavy atom. The van der Waals surface area contributed by atoms with Gasteiger partial charge in [0, 0.05) is 88.6 Å². The van der Waals surface area contributed by atoms with E-state index < -0.39 is 31.3 Å². The van der Waals surface area contributed by atoms with Crippen LogP contribution in [0.1, 0.15) is 22.3 Å². The molecular formula is C42H62Ag2Cl2F6N4O14S2. The van der Waals surface area contributed by atoms with Gasteiger partial charge in [-0.3, -0.25) is 19.6 Å². The first-order valence-corrected chi connectivity index (χ1v) is 25.8. The zero-order chi connectivity index (χ0) is 51.5. The molecule has 0 spiro atoms. The second-order valence-corrected chi connectivity index (χ2v) is 19.1. The number of alkyl halides is 6. The van der Waals surface area contributed by atoms with Gasteiger partial charge >= 0.3 is 55.8 Å². The molecule has 8 bridgehead atoms. The molecule has 72 heavy (non-hydrogen) atoms. The fraction of sp³-hybridized carbons (Fsp3) is 0.714. The number of halogens is 8. The second-order valence-electron chi connectivity index (χ2n) is 15.6. The van der Waals surface area contributed by atoms with Crippen LogP contribution in [0.25, 0.3) is 0 Å². The van der Waals surface area contributed by atoms with Crippen LogP contribution in [0.3, 0.4) is 0 Å². The molecule has 0 N–H and O–H groups in total. The summed E-state index contributed by atoms with van der Waals surface area (Å²) in [6.45, 7) is 17.8. The Morgan fingerprint density at radius 1 is 0.375 bits per heavy atom. The summed E-state index contributed by atoms with van der Waals surface area (Å²) in [6.07, 6.45) is 0. The maximum Gasteiger partial charge on any atom is 1.00 e. The summed E-state index contributed by atoms with van der Waals surface area (Å²) in [5.74, 6) is 0. The van der Waals surface area contributed by atoms with Crippen LogP contribution in [-0.4, -0.2) is 215 Å². The number of hydrogen-bond acceptors (Lipinski definition) is 18. The van der Waals surface area contributed by atoms with Crippen molar-refractivity contribution in [3.8, 4) is 0 Å². The molecule has 6 heterocycles. The van der Waals surface area contributed by atoms with Crippen LogP contribution in [0.5, 0.6) is 0 Å². The molecule has 6 aliphatic heterocycles. The Kier molecular flexibility index (Phi) is 35.9. The van der Waals surface area contributed by atoms with Gasteiger partial charge in [-0.1, -0.05) is 59.6 Å². The number of hydrogen-bond donors (Lipinski definition) is 0. The fourth-order valence-corrected chi connectivity index (χ4v) is 7.13. The van der Waals surface area contributed by atoms with Crippen molar-refractivity contribution in [1.82, 2.24) is 19.6 Å². The molecule has 2 fully saturated rings. The van der Waals surface area contributed by atoms with Crippen molar-refractivity contribution in [3.05, 3.63) is 68.7 Å². The molecule has 18 nitrogen and oxygen atoms in total. The van der Waals surface area contributed by atoms with Crippen LogP contribution < -0.4 is 0 Å². The van der Waals surface area contributed by atoms with E-state index in [0.717, 1.165) is 84.7 Å². The van der Waals surface area contributed by atoms with Crippen molar-refractivity contribution >= 4 is 43.4 Å². The van der Waals surface area contributed by atoms with Crippen LogP contribution >= 0.6 is 23.2 Å². The maximum atomic E-state index is 10.7. The smallest absolute Gasteiger partial charge is 0.741 e. The number of nitrogens with zero attached hydrogens (tertiary/aromatic N) is 4. The molecule has 6 aliphatic rings. The third kappa shape index (κ3) is 29.2. The molecule has 0 amide bonds. The molecule has 424 valence electrons. The average molecular weight is 1310 g/mol. The molecule has 0 aliphatic carbocycles. The van der Waals surface area contributed by atoms with Gasteiger partial charge in [0.25, 0.3) is 0 Å². The summed E-state index contributed by atoms with van der Waals surface area (Å²) in [4.78, 5) is 9.36. The standard InChI is InChI=1S/C40H62Cl2N4O8.2CHF3O3S.2Ag/c41-39-35-3-1-4-36(39)32-44-9-17-49-25-29-53-21-13-46(14-22-54-30-26-50-18-10-44)34-38-6-2-5-37(40(38)42)33-45-11-19-51-27-23-47-15-7-43(31-35)8-16-48-24-28-52-20-12-45;2*2-1(3,4)8(5,6)7;;/h1-6H,7-34H2;2*(H,5,6,7);;/q;;;2*+1/p-2. The van der Waals surface area contributed by atoms with E-state index in [1.54, 1.807) is 0 Å². The molecular weight excluding hydrogens is 1250 g/mol. The Balaban J connectivity index is 0.00000124. The summed E-state index contributed by atoms with van der Waals surface area (Å²) >= 11 is 14.3. The summed E-state index contributed by atoms with van der Waals surface area (Å²) in [6, 6.07) is 12.6. The predicted octanol–water partition coefficient (Wildman–Crippen LogP) is 4.17. The quantitative estimate of drug-likeness (QED) is 0.157. The van der Waals surface area contributed by atoms with E-state index in [2.05, 4.69) is 56.0 Å². The molecule has 2 aromatic carbocycles. The SMILES string of the molecule is Clc1c2cccc1CN1CCOCCOCCN(CCOCCOCC1)Cc1cccc(c1Cl)CN1CCOCCOCCN(CCOCCOCC1)C2.O=S(=O)([O-])C(F)(F)F.O=S(=O)([O-])C(F)(F)F.[Ag+].[Ag+]. The van der Waals surface area contributed by atoms with Gasteiger partial charge in [0.15, 0.2) is 20.2 Å². The van der Waals surface area contributed by atoms with E-state index in [4.69, 9.17) is 87.0 Å². The monoisotopic (exact) mass is 1310 g/mol. The van der Waals surface area contributed by atoms with Crippen molar-refractivity contribution in [3.63, 3.8) is 0 Å². The van der Waals surface area contributed by atoms with Crippen LogP contribution in [0.2, 0.25) is 10.0 Å². The first-order valence-electron chi connectivity index (χ1n) is 22.2. The van der Waals surface area contributed by atoms with Crippen molar-refractivity contribution in [2.45, 2.75) is 37.2 Å². The molecule has 0 aromatic heterocycles. The summed E-state index contributed by atoms with van der Waals surface area (Å²) in [7, 11) is -12.2. The Hall–Kier alpha value is -0.579. The normalized spacial score (nSPS) is 23.4. The average Bonchev–Trinajstić information content (AvgIpc) is 3.27. The minimum atomic E-state index is -6.09. The van der Waals surface area contributed by atoms with Gasteiger partial charge in [-0.2, -0.15) is 26.3 Å².